The van der Waals surface area contributed by atoms with E-state index >= 15 is 0 Å². The number of morpholine rings is 1. The van der Waals surface area contributed by atoms with Crippen molar-refractivity contribution in [1.29, 1.82) is 0 Å². The monoisotopic (exact) mass is 487 g/mol. The molecule has 4 aromatic rings. The van der Waals surface area contributed by atoms with Crippen molar-refractivity contribution in [2.24, 2.45) is 0 Å². The number of nitrogens with zero attached hydrogens (tertiary/aromatic N) is 6. The maximum atomic E-state index is 6.44. The van der Waals surface area contributed by atoms with E-state index in [0.717, 1.165) is 80.4 Å². The van der Waals surface area contributed by atoms with Crippen LogP contribution in [0, 0.1) is 0 Å². The van der Waals surface area contributed by atoms with Crippen molar-refractivity contribution in [2.45, 2.75) is 38.3 Å². The van der Waals surface area contributed by atoms with Crippen LogP contribution in [-0.2, 0) is 15.0 Å². The lowest BCUT2D eigenvalue weighted by atomic mass is 9.90. The van der Waals surface area contributed by atoms with Crippen LogP contribution in [0.2, 0.25) is 0 Å². The number of nitrogen functional groups attached to an aromatic ring is 1. The Morgan fingerprint density at radius 3 is 2.53 bits per heavy atom. The van der Waals surface area contributed by atoms with E-state index in [9.17, 15) is 0 Å². The molecule has 0 spiro atoms. The van der Waals surface area contributed by atoms with Crippen molar-refractivity contribution in [1.82, 2.24) is 29.3 Å². The fraction of sp³-hybridized carbons (Fsp3) is 0.444. The molecule has 2 saturated heterocycles. The number of benzene rings is 1. The van der Waals surface area contributed by atoms with Crippen molar-refractivity contribution in [3.8, 4) is 22.5 Å². The van der Waals surface area contributed by atoms with E-state index < -0.39 is 0 Å². The van der Waals surface area contributed by atoms with E-state index in [1.54, 1.807) is 0 Å². The van der Waals surface area contributed by atoms with Crippen LogP contribution in [0.25, 0.3) is 28.0 Å². The molecule has 0 unspecified atom stereocenters. The molecule has 0 bridgehead atoms. The summed E-state index contributed by atoms with van der Waals surface area (Å²) in [5, 5.41) is 9.31. The number of ether oxygens (including phenoxy) is 2. The summed E-state index contributed by atoms with van der Waals surface area (Å²) >= 11 is 0. The van der Waals surface area contributed by atoms with Gasteiger partial charge < -0.3 is 15.2 Å². The van der Waals surface area contributed by atoms with Gasteiger partial charge in [-0.3, -0.25) is 9.58 Å². The van der Waals surface area contributed by atoms with Crippen LogP contribution < -0.4 is 5.73 Å². The van der Waals surface area contributed by atoms with Gasteiger partial charge in [-0.15, -0.1) is 0 Å². The number of hydrogen-bond acceptors (Lipinski definition) is 7. The largest absolute Gasteiger partial charge is 0.382 e. The van der Waals surface area contributed by atoms with Gasteiger partial charge in [-0.05, 0) is 50.5 Å². The highest BCUT2D eigenvalue weighted by molar-refractivity contribution is 5.91. The zero-order chi connectivity index (χ0) is 24.7. The van der Waals surface area contributed by atoms with Gasteiger partial charge in [0.25, 0.3) is 0 Å². The molecule has 188 valence electrons. The van der Waals surface area contributed by atoms with Crippen LogP contribution in [0.4, 0.5) is 5.82 Å². The summed E-state index contributed by atoms with van der Waals surface area (Å²) in [7, 11) is 0. The van der Waals surface area contributed by atoms with Crippen molar-refractivity contribution in [3.63, 3.8) is 0 Å². The Hall–Kier alpha value is -3.27. The van der Waals surface area contributed by atoms with Crippen molar-refractivity contribution < 1.29 is 9.47 Å². The highest BCUT2D eigenvalue weighted by Crippen LogP contribution is 2.38. The second-order valence-corrected chi connectivity index (χ2v) is 10.1. The number of fused-ring (bicyclic) bond motifs is 1. The van der Waals surface area contributed by atoms with E-state index in [1.165, 1.54) is 11.9 Å². The van der Waals surface area contributed by atoms with Gasteiger partial charge in [0.2, 0.25) is 0 Å². The predicted octanol–water partition coefficient (Wildman–Crippen LogP) is 3.76. The maximum Gasteiger partial charge on any atom is 0.152 e. The third-order valence-electron chi connectivity index (χ3n) is 7.73. The summed E-state index contributed by atoms with van der Waals surface area (Å²) in [5.74, 6) is 0.454. The summed E-state index contributed by atoms with van der Waals surface area (Å²) in [5.41, 5.74) is 12.5. The van der Waals surface area contributed by atoms with Gasteiger partial charge in [-0.1, -0.05) is 18.2 Å². The Labute approximate surface area is 210 Å². The molecule has 2 fully saturated rings. The minimum absolute atomic E-state index is 0.120. The predicted molar refractivity (Wildman–Crippen MR) is 139 cm³/mol. The topological polar surface area (TPSA) is 95.7 Å². The third kappa shape index (κ3) is 3.97. The van der Waals surface area contributed by atoms with Gasteiger partial charge in [0.15, 0.2) is 5.82 Å². The van der Waals surface area contributed by atoms with Gasteiger partial charge in [-0.2, -0.15) is 10.2 Å². The minimum atomic E-state index is -0.120. The van der Waals surface area contributed by atoms with Crippen molar-refractivity contribution >= 4 is 11.3 Å². The molecule has 36 heavy (non-hydrogen) atoms. The first-order valence-corrected chi connectivity index (χ1v) is 12.7. The van der Waals surface area contributed by atoms with Gasteiger partial charge in [0.05, 0.1) is 30.6 Å². The standard InChI is InChI=1S/C27H33N7O2/c1-27(2,32-10-14-36-15-11-32)20-5-3-4-19(16-20)24-17-22(25-26(28)29-18-31-34(24)25)23-6-9-30-33(23)21-7-12-35-13-8-21/h3-6,9,16-18,21H,7-8,10-15H2,1-2H3,(H2,28,29,31). The van der Waals surface area contributed by atoms with Crippen LogP contribution in [-0.4, -0.2) is 68.8 Å². The van der Waals surface area contributed by atoms with Crippen molar-refractivity contribution in [3.05, 3.63) is 54.5 Å². The summed E-state index contributed by atoms with van der Waals surface area (Å²) in [6.07, 6.45) is 5.27. The average Bonchev–Trinajstić information content (AvgIpc) is 3.56. The van der Waals surface area contributed by atoms with E-state index in [0.29, 0.717) is 11.9 Å². The molecular weight excluding hydrogens is 454 g/mol. The van der Waals surface area contributed by atoms with E-state index in [2.05, 4.69) is 75.0 Å². The number of aromatic nitrogens is 5. The summed E-state index contributed by atoms with van der Waals surface area (Å²) in [4.78, 5) is 6.81. The first-order valence-electron chi connectivity index (χ1n) is 12.7. The Morgan fingerprint density at radius 2 is 1.72 bits per heavy atom. The molecule has 0 aliphatic carbocycles. The highest BCUT2D eigenvalue weighted by atomic mass is 16.5. The Kier molecular flexibility index (Phi) is 5.99. The molecule has 2 N–H and O–H groups in total. The lowest BCUT2D eigenvalue weighted by molar-refractivity contribution is -0.0117. The lowest BCUT2D eigenvalue weighted by Gasteiger charge is -2.41. The SMILES string of the molecule is CC(C)(c1cccc(-c2cc(-c3ccnn3C3CCOCC3)c3c(N)ncnn23)c1)N1CCOCC1. The molecule has 2 aliphatic heterocycles. The molecule has 3 aromatic heterocycles. The molecule has 0 radical (unpaired) electrons. The molecule has 0 amide bonds. The average molecular weight is 488 g/mol. The molecule has 2 aliphatic rings. The zero-order valence-electron chi connectivity index (χ0n) is 20.9. The van der Waals surface area contributed by atoms with E-state index in [4.69, 9.17) is 15.2 Å². The normalized spacial score (nSPS) is 18.2. The number of rotatable bonds is 5. The highest BCUT2D eigenvalue weighted by Gasteiger charge is 2.31. The molecule has 0 atom stereocenters. The molecule has 5 heterocycles. The van der Waals surface area contributed by atoms with Crippen LogP contribution in [0.1, 0.15) is 38.3 Å². The zero-order valence-corrected chi connectivity index (χ0v) is 20.9. The minimum Gasteiger partial charge on any atom is -0.382 e. The van der Waals surface area contributed by atoms with Crippen LogP contribution in [0.5, 0.6) is 0 Å². The van der Waals surface area contributed by atoms with Gasteiger partial charge in [-0.25, -0.2) is 9.50 Å². The Balaban J connectivity index is 1.46. The number of hydrogen-bond donors (Lipinski definition) is 1. The quantitative estimate of drug-likeness (QED) is 0.458. The van der Waals surface area contributed by atoms with Gasteiger partial charge in [0, 0.05) is 49.2 Å². The van der Waals surface area contributed by atoms with Crippen LogP contribution >= 0.6 is 0 Å². The third-order valence-corrected chi connectivity index (χ3v) is 7.73. The summed E-state index contributed by atoms with van der Waals surface area (Å²) < 4.78 is 15.2. The van der Waals surface area contributed by atoms with Gasteiger partial charge >= 0.3 is 0 Å². The Bertz CT molecular complexity index is 1360. The number of nitrogens with two attached hydrogens (primary N) is 1. The second kappa shape index (κ2) is 9.31. The number of anilines is 1. The fourth-order valence-corrected chi connectivity index (χ4v) is 5.58. The molecule has 9 heteroatoms. The molecular formula is C27H33N7O2. The van der Waals surface area contributed by atoms with Crippen LogP contribution in [0.3, 0.4) is 0 Å². The summed E-state index contributed by atoms with van der Waals surface area (Å²) in [6, 6.07) is 13.3. The first-order chi connectivity index (χ1) is 17.5. The molecule has 9 nitrogen and oxygen atoms in total. The Morgan fingerprint density at radius 1 is 0.944 bits per heavy atom. The fourth-order valence-electron chi connectivity index (χ4n) is 5.58. The molecule has 1 aromatic carbocycles. The summed E-state index contributed by atoms with van der Waals surface area (Å²) in [6.45, 7) is 9.47. The van der Waals surface area contributed by atoms with E-state index in [1.807, 2.05) is 10.7 Å². The van der Waals surface area contributed by atoms with Gasteiger partial charge in [0.1, 0.15) is 11.8 Å². The lowest BCUT2D eigenvalue weighted by Crippen LogP contribution is -2.47. The van der Waals surface area contributed by atoms with Crippen molar-refractivity contribution in [2.75, 3.05) is 45.3 Å². The van der Waals surface area contributed by atoms with Crippen LogP contribution in [0.15, 0.2) is 48.9 Å². The smallest absolute Gasteiger partial charge is 0.152 e. The van der Waals surface area contributed by atoms with E-state index in [-0.39, 0.29) is 5.54 Å². The molecule has 6 rings (SSSR count). The maximum absolute atomic E-state index is 6.44. The first kappa shape index (κ1) is 23.1. The second-order valence-electron chi connectivity index (χ2n) is 10.1. The molecule has 0 saturated carbocycles.